The Morgan fingerprint density at radius 3 is 2.56 bits per heavy atom. The van der Waals surface area contributed by atoms with Crippen LogP contribution in [0.5, 0.6) is 0 Å². The number of nitrogens with zero attached hydrogens (tertiary/aromatic N) is 1. The molecule has 1 atom stereocenters. The van der Waals surface area contributed by atoms with Gasteiger partial charge in [-0.25, -0.2) is 4.99 Å². The summed E-state index contributed by atoms with van der Waals surface area (Å²) in [5.41, 5.74) is 3.43. The van der Waals surface area contributed by atoms with E-state index in [9.17, 15) is 5.11 Å². The second-order valence-corrected chi connectivity index (χ2v) is 7.81. The van der Waals surface area contributed by atoms with E-state index in [2.05, 4.69) is 34.9 Å². The van der Waals surface area contributed by atoms with Crippen LogP contribution >= 0.6 is 24.0 Å². The van der Waals surface area contributed by atoms with E-state index in [1.54, 1.807) is 0 Å². The molecule has 1 aliphatic rings. The lowest BCUT2D eigenvalue weighted by Gasteiger charge is -2.22. The van der Waals surface area contributed by atoms with Gasteiger partial charge < -0.3 is 25.2 Å². The molecule has 176 valence electrons. The Hall–Kier alpha value is -1.68. The van der Waals surface area contributed by atoms with Crippen molar-refractivity contribution < 1.29 is 14.6 Å². The van der Waals surface area contributed by atoms with E-state index in [4.69, 9.17) is 14.5 Å². The van der Waals surface area contributed by atoms with Crippen LogP contribution in [0, 0.1) is 0 Å². The second-order valence-electron chi connectivity index (χ2n) is 7.81. The van der Waals surface area contributed by atoms with E-state index in [0.29, 0.717) is 25.8 Å². The van der Waals surface area contributed by atoms with Crippen molar-refractivity contribution >= 4 is 29.9 Å². The molecular weight excluding hydrogens is 517 g/mol. The molecule has 6 nitrogen and oxygen atoms in total. The summed E-state index contributed by atoms with van der Waals surface area (Å²) in [4.78, 5) is 4.73. The number of aliphatic hydroxyl groups is 1. The second kappa shape index (κ2) is 15.2. The normalized spacial score (nSPS) is 15.6. The van der Waals surface area contributed by atoms with Crippen molar-refractivity contribution in [2.24, 2.45) is 4.99 Å². The first-order valence-electron chi connectivity index (χ1n) is 11.2. The highest BCUT2D eigenvalue weighted by Gasteiger charge is 2.14. The van der Waals surface area contributed by atoms with Crippen LogP contribution in [-0.4, -0.2) is 50.1 Å². The van der Waals surface area contributed by atoms with Crippen LogP contribution in [-0.2, 0) is 22.6 Å². The van der Waals surface area contributed by atoms with Crippen molar-refractivity contribution in [2.75, 3.05) is 32.9 Å². The summed E-state index contributed by atoms with van der Waals surface area (Å²) in [5.74, 6) is 0.774. The molecule has 0 radical (unpaired) electrons. The smallest absolute Gasteiger partial charge is 0.191 e. The third kappa shape index (κ3) is 9.05. The lowest BCUT2D eigenvalue weighted by Crippen LogP contribution is -2.39. The Balaban J connectivity index is 0.00000363. The van der Waals surface area contributed by atoms with E-state index in [-0.39, 0.29) is 36.5 Å². The van der Waals surface area contributed by atoms with Gasteiger partial charge in [0.2, 0.25) is 0 Å². The Kier molecular flexibility index (Phi) is 12.6. The van der Waals surface area contributed by atoms with Gasteiger partial charge >= 0.3 is 0 Å². The predicted molar refractivity (Wildman–Crippen MR) is 140 cm³/mol. The number of halogens is 1. The lowest BCUT2D eigenvalue weighted by molar-refractivity contribution is -0.0390. The van der Waals surface area contributed by atoms with Crippen molar-refractivity contribution in [1.29, 1.82) is 0 Å². The number of hydrogen-bond donors (Lipinski definition) is 3. The molecule has 0 aromatic heterocycles. The summed E-state index contributed by atoms with van der Waals surface area (Å²) < 4.78 is 11.4. The van der Waals surface area contributed by atoms with Crippen LogP contribution in [0.25, 0.3) is 0 Å². The van der Waals surface area contributed by atoms with E-state index >= 15 is 0 Å². The molecule has 1 fully saturated rings. The maximum absolute atomic E-state index is 9.79. The molecular formula is C25H36IN3O3. The number of guanidine groups is 1. The number of nitrogens with one attached hydrogen (secondary N) is 2. The van der Waals surface area contributed by atoms with Crippen LogP contribution < -0.4 is 10.6 Å². The fourth-order valence-electron chi connectivity index (χ4n) is 3.62. The molecule has 1 aliphatic heterocycles. The average molecular weight is 553 g/mol. The van der Waals surface area contributed by atoms with Gasteiger partial charge in [-0.2, -0.15) is 0 Å². The first-order valence-corrected chi connectivity index (χ1v) is 11.2. The highest BCUT2D eigenvalue weighted by Crippen LogP contribution is 2.15. The molecule has 0 saturated carbocycles. The lowest BCUT2D eigenvalue weighted by atomic mass is 10.0. The molecule has 2 aromatic carbocycles. The van der Waals surface area contributed by atoms with Gasteiger partial charge in [0.25, 0.3) is 0 Å². The summed E-state index contributed by atoms with van der Waals surface area (Å²) in [6.07, 6.45) is 2.24. The molecule has 2 aromatic rings. The molecule has 1 saturated heterocycles. The minimum absolute atomic E-state index is 0. The topological polar surface area (TPSA) is 75.1 Å². The molecule has 1 heterocycles. The highest BCUT2D eigenvalue weighted by molar-refractivity contribution is 14.0. The van der Waals surface area contributed by atoms with E-state index in [0.717, 1.165) is 49.7 Å². The quantitative estimate of drug-likeness (QED) is 0.237. The van der Waals surface area contributed by atoms with Crippen LogP contribution in [0.3, 0.4) is 0 Å². The fraction of sp³-hybridized carbons (Fsp3) is 0.480. The van der Waals surface area contributed by atoms with Crippen molar-refractivity contribution in [3.05, 3.63) is 71.3 Å². The average Bonchev–Trinajstić information content (AvgIpc) is 2.83. The molecule has 0 aliphatic carbocycles. The van der Waals surface area contributed by atoms with Crippen LogP contribution in [0.15, 0.2) is 59.6 Å². The zero-order valence-electron chi connectivity index (χ0n) is 18.8. The number of hydrogen-bond acceptors (Lipinski definition) is 4. The van der Waals surface area contributed by atoms with E-state index in [1.165, 1.54) is 5.56 Å². The summed E-state index contributed by atoms with van der Waals surface area (Å²) in [7, 11) is 0. The SMILES string of the molecule is CCNC(=NCc1cccc(COC2CCOCC2)c1)NCC(CO)c1ccccc1.I. The third-order valence-corrected chi connectivity index (χ3v) is 5.42. The Labute approximate surface area is 208 Å². The number of rotatable bonds is 10. The largest absolute Gasteiger partial charge is 0.396 e. The summed E-state index contributed by atoms with van der Waals surface area (Å²) in [6.45, 7) is 6.32. The first kappa shape index (κ1) is 26.6. The minimum atomic E-state index is 0. The van der Waals surface area contributed by atoms with Crippen molar-refractivity contribution in [3.8, 4) is 0 Å². The molecule has 3 N–H and O–H groups in total. The minimum Gasteiger partial charge on any atom is -0.396 e. The van der Waals surface area contributed by atoms with Crippen LogP contribution in [0.1, 0.15) is 42.4 Å². The van der Waals surface area contributed by atoms with Crippen molar-refractivity contribution in [1.82, 2.24) is 10.6 Å². The molecule has 32 heavy (non-hydrogen) atoms. The van der Waals surface area contributed by atoms with Crippen LogP contribution in [0.4, 0.5) is 0 Å². The standard InChI is InChI=1S/C25H35N3O3.HI/c1-2-26-25(28-17-23(18-29)22-9-4-3-5-10-22)27-16-20-7-6-8-21(15-20)19-31-24-11-13-30-14-12-24;/h3-10,15,23-24,29H,2,11-14,16-19H2,1H3,(H2,26,27,28);1H. The molecule has 7 heteroatoms. The van der Waals surface area contributed by atoms with Gasteiger partial charge in [0.05, 0.1) is 25.9 Å². The van der Waals surface area contributed by atoms with Gasteiger partial charge in [-0.3, -0.25) is 0 Å². The molecule has 3 rings (SSSR count). The Bertz CT molecular complexity index is 798. The monoisotopic (exact) mass is 553 g/mol. The van der Waals surface area contributed by atoms with Crippen molar-refractivity contribution in [3.63, 3.8) is 0 Å². The van der Waals surface area contributed by atoms with E-state index in [1.807, 2.05) is 37.3 Å². The Morgan fingerprint density at radius 1 is 1.09 bits per heavy atom. The number of aliphatic imine (C=N–C) groups is 1. The summed E-state index contributed by atoms with van der Waals surface area (Å²) in [5, 5.41) is 16.4. The molecule has 0 spiro atoms. The van der Waals surface area contributed by atoms with Crippen molar-refractivity contribution in [2.45, 2.75) is 44.9 Å². The third-order valence-electron chi connectivity index (χ3n) is 5.42. The number of benzene rings is 2. The molecule has 1 unspecified atom stereocenters. The fourth-order valence-corrected chi connectivity index (χ4v) is 3.62. The zero-order valence-corrected chi connectivity index (χ0v) is 21.2. The van der Waals surface area contributed by atoms with Gasteiger partial charge in [0, 0.05) is 32.2 Å². The highest BCUT2D eigenvalue weighted by atomic mass is 127. The van der Waals surface area contributed by atoms with Gasteiger partial charge in [0.15, 0.2) is 5.96 Å². The van der Waals surface area contributed by atoms with Gasteiger partial charge in [-0.05, 0) is 36.5 Å². The van der Waals surface area contributed by atoms with Gasteiger partial charge in [-0.15, -0.1) is 24.0 Å². The van der Waals surface area contributed by atoms with E-state index < -0.39 is 0 Å². The Morgan fingerprint density at radius 2 is 1.84 bits per heavy atom. The van der Waals surface area contributed by atoms with Crippen LogP contribution in [0.2, 0.25) is 0 Å². The number of aliphatic hydroxyl groups excluding tert-OH is 1. The first-order chi connectivity index (χ1) is 15.3. The van der Waals surface area contributed by atoms with Gasteiger partial charge in [0.1, 0.15) is 0 Å². The molecule has 0 bridgehead atoms. The number of ether oxygens (including phenoxy) is 2. The maximum Gasteiger partial charge on any atom is 0.191 e. The summed E-state index contributed by atoms with van der Waals surface area (Å²) in [6, 6.07) is 18.5. The molecule has 0 amide bonds. The maximum atomic E-state index is 9.79. The zero-order chi connectivity index (χ0) is 21.7. The summed E-state index contributed by atoms with van der Waals surface area (Å²) >= 11 is 0. The predicted octanol–water partition coefficient (Wildman–Crippen LogP) is 3.83. The van der Waals surface area contributed by atoms with Gasteiger partial charge in [-0.1, -0.05) is 54.6 Å².